The fourth-order valence-corrected chi connectivity index (χ4v) is 3.48. The van der Waals surface area contributed by atoms with Crippen molar-refractivity contribution in [3.05, 3.63) is 35.4 Å². The molecule has 1 saturated heterocycles. The fourth-order valence-electron chi connectivity index (χ4n) is 3.48. The summed E-state index contributed by atoms with van der Waals surface area (Å²) in [5.74, 6) is 0.844. The SMILES string of the molecule is Cc1ccc([C@H](C)C23CC2CC(C(N)=O)N3)cc1. The van der Waals surface area contributed by atoms with Crippen LogP contribution in [0.2, 0.25) is 0 Å². The topological polar surface area (TPSA) is 55.1 Å². The normalized spacial score (nSPS) is 35.0. The van der Waals surface area contributed by atoms with Gasteiger partial charge in [-0.25, -0.2) is 0 Å². The van der Waals surface area contributed by atoms with Crippen LogP contribution in [-0.2, 0) is 4.79 Å². The Morgan fingerprint density at radius 1 is 1.44 bits per heavy atom. The van der Waals surface area contributed by atoms with Crippen molar-refractivity contribution < 1.29 is 4.79 Å². The molecule has 1 aromatic carbocycles. The molecule has 0 bridgehead atoms. The zero-order valence-corrected chi connectivity index (χ0v) is 10.9. The second-order valence-corrected chi connectivity index (χ2v) is 5.91. The van der Waals surface area contributed by atoms with Crippen LogP contribution in [0, 0.1) is 12.8 Å². The van der Waals surface area contributed by atoms with E-state index in [2.05, 4.69) is 43.4 Å². The van der Waals surface area contributed by atoms with Gasteiger partial charge in [-0.3, -0.25) is 10.1 Å². The van der Waals surface area contributed by atoms with Crippen LogP contribution in [0.25, 0.3) is 0 Å². The smallest absolute Gasteiger partial charge is 0.234 e. The maximum atomic E-state index is 11.3. The predicted octanol–water partition coefficient (Wildman–Crippen LogP) is 1.70. The molecular weight excluding hydrogens is 224 g/mol. The number of hydrogen-bond acceptors (Lipinski definition) is 2. The molecule has 3 rings (SSSR count). The highest BCUT2D eigenvalue weighted by Gasteiger charge is 2.63. The van der Waals surface area contributed by atoms with Crippen molar-refractivity contribution in [2.45, 2.75) is 44.2 Å². The first-order valence-electron chi connectivity index (χ1n) is 6.66. The van der Waals surface area contributed by atoms with Crippen molar-refractivity contribution in [2.24, 2.45) is 11.7 Å². The van der Waals surface area contributed by atoms with Gasteiger partial charge in [0.05, 0.1) is 6.04 Å². The Hall–Kier alpha value is -1.35. The van der Waals surface area contributed by atoms with Gasteiger partial charge in [0.25, 0.3) is 0 Å². The predicted molar refractivity (Wildman–Crippen MR) is 71.2 cm³/mol. The van der Waals surface area contributed by atoms with E-state index in [1.165, 1.54) is 17.5 Å². The van der Waals surface area contributed by atoms with Crippen LogP contribution in [0.3, 0.4) is 0 Å². The first-order valence-corrected chi connectivity index (χ1v) is 6.66. The maximum absolute atomic E-state index is 11.3. The van der Waals surface area contributed by atoms with Crippen LogP contribution < -0.4 is 11.1 Å². The maximum Gasteiger partial charge on any atom is 0.234 e. The van der Waals surface area contributed by atoms with Crippen molar-refractivity contribution in [1.82, 2.24) is 5.32 Å². The van der Waals surface area contributed by atoms with E-state index >= 15 is 0 Å². The molecule has 3 nitrogen and oxygen atoms in total. The summed E-state index contributed by atoms with van der Waals surface area (Å²) in [7, 11) is 0. The van der Waals surface area contributed by atoms with E-state index in [4.69, 9.17) is 5.73 Å². The van der Waals surface area contributed by atoms with Gasteiger partial charge in [0.2, 0.25) is 5.91 Å². The summed E-state index contributed by atoms with van der Waals surface area (Å²) in [5.41, 5.74) is 8.15. The highest BCUT2D eigenvalue weighted by atomic mass is 16.1. The lowest BCUT2D eigenvalue weighted by molar-refractivity contribution is -0.120. The molecule has 96 valence electrons. The number of carbonyl (C=O) groups excluding carboxylic acids is 1. The highest BCUT2D eigenvalue weighted by molar-refractivity contribution is 5.81. The first kappa shape index (κ1) is 11.7. The lowest BCUT2D eigenvalue weighted by atomic mass is 9.90. The molecule has 1 aliphatic carbocycles. The molecule has 1 aromatic rings. The van der Waals surface area contributed by atoms with Gasteiger partial charge >= 0.3 is 0 Å². The summed E-state index contributed by atoms with van der Waals surface area (Å²) in [6, 6.07) is 8.57. The molecule has 3 unspecified atom stereocenters. The number of aryl methyl sites for hydroxylation is 1. The molecule has 0 aromatic heterocycles. The van der Waals surface area contributed by atoms with Gasteiger partial charge in [0.1, 0.15) is 0 Å². The number of amides is 1. The number of carbonyl (C=O) groups is 1. The number of primary amides is 1. The van der Waals surface area contributed by atoms with Gasteiger partial charge in [-0.2, -0.15) is 0 Å². The number of fused-ring (bicyclic) bond motifs is 1. The second kappa shape index (κ2) is 3.82. The minimum Gasteiger partial charge on any atom is -0.368 e. The summed E-state index contributed by atoms with van der Waals surface area (Å²) in [6.07, 6.45) is 2.08. The first-order chi connectivity index (χ1) is 8.53. The van der Waals surface area contributed by atoms with Gasteiger partial charge < -0.3 is 5.73 Å². The van der Waals surface area contributed by atoms with Crippen molar-refractivity contribution in [2.75, 3.05) is 0 Å². The van der Waals surface area contributed by atoms with Gasteiger partial charge in [0.15, 0.2) is 0 Å². The Kier molecular flexibility index (Phi) is 2.49. The van der Waals surface area contributed by atoms with Crippen LogP contribution in [0.4, 0.5) is 0 Å². The van der Waals surface area contributed by atoms with E-state index in [-0.39, 0.29) is 17.5 Å². The van der Waals surface area contributed by atoms with E-state index in [0.29, 0.717) is 11.8 Å². The van der Waals surface area contributed by atoms with E-state index < -0.39 is 0 Å². The Morgan fingerprint density at radius 3 is 2.67 bits per heavy atom. The molecule has 3 heteroatoms. The third-order valence-electron chi connectivity index (χ3n) is 4.81. The molecule has 1 saturated carbocycles. The fraction of sp³-hybridized carbons (Fsp3) is 0.533. The Balaban J connectivity index is 1.80. The quantitative estimate of drug-likeness (QED) is 0.850. The van der Waals surface area contributed by atoms with Crippen molar-refractivity contribution >= 4 is 5.91 Å². The Morgan fingerprint density at radius 2 is 2.11 bits per heavy atom. The minimum atomic E-state index is -0.210. The van der Waals surface area contributed by atoms with Crippen molar-refractivity contribution in [3.8, 4) is 0 Å². The third-order valence-corrected chi connectivity index (χ3v) is 4.81. The van der Waals surface area contributed by atoms with Crippen LogP contribution in [0.1, 0.15) is 36.8 Å². The number of rotatable bonds is 3. The Bertz CT molecular complexity index is 482. The average molecular weight is 244 g/mol. The van der Waals surface area contributed by atoms with E-state index in [9.17, 15) is 4.79 Å². The van der Waals surface area contributed by atoms with E-state index in [1.807, 2.05) is 0 Å². The highest BCUT2D eigenvalue weighted by Crippen LogP contribution is 2.58. The average Bonchev–Trinajstić information content (AvgIpc) is 2.92. The molecule has 2 aliphatic rings. The summed E-state index contributed by atoms with van der Waals surface area (Å²) in [4.78, 5) is 11.3. The van der Waals surface area contributed by atoms with Gasteiger partial charge in [-0.15, -0.1) is 0 Å². The molecule has 0 radical (unpaired) electrons. The zero-order chi connectivity index (χ0) is 12.9. The molecule has 1 aliphatic heterocycles. The van der Waals surface area contributed by atoms with Gasteiger partial charge in [0, 0.05) is 5.54 Å². The largest absolute Gasteiger partial charge is 0.368 e. The monoisotopic (exact) mass is 244 g/mol. The summed E-state index contributed by atoms with van der Waals surface area (Å²) >= 11 is 0. The number of hydrogen-bond donors (Lipinski definition) is 2. The molecule has 1 amide bonds. The van der Waals surface area contributed by atoms with Crippen LogP contribution >= 0.6 is 0 Å². The van der Waals surface area contributed by atoms with Crippen LogP contribution in [-0.4, -0.2) is 17.5 Å². The number of nitrogens with one attached hydrogen (secondary N) is 1. The summed E-state index contributed by atoms with van der Waals surface area (Å²) < 4.78 is 0. The molecule has 1 heterocycles. The van der Waals surface area contributed by atoms with Crippen LogP contribution in [0.15, 0.2) is 24.3 Å². The molecule has 4 atom stereocenters. The minimum absolute atomic E-state index is 0.120. The Labute approximate surface area is 108 Å². The molecule has 3 N–H and O–H groups in total. The second-order valence-electron chi connectivity index (χ2n) is 5.91. The van der Waals surface area contributed by atoms with E-state index in [1.54, 1.807) is 0 Å². The number of benzene rings is 1. The van der Waals surface area contributed by atoms with E-state index in [0.717, 1.165) is 6.42 Å². The van der Waals surface area contributed by atoms with Crippen molar-refractivity contribution in [1.29, 1.82) is 0 Å². The summed E-state index contributed by atoms with van der Waals surface area (Å²) in [5, 5.41) is 3.48. The van der Waals surface area contributed by atoms with Crippen LogP contribution in [0.5, 0.6) is 0 Å². The standard InChI is InChI=1S/C15H20N2O/c1-9-3-5-11(6-4-9)10(2)15-8-12(15)7-13(17-15)14(16)18/h3-6,10,12-13,17H,7-8H2,1-2H3,(H2,16,18)/t10-,12?,13?,15?/m0/s1. The van der Waals surface area contributed by atoms with Gasteiger partial charge in [-0.05, 0) is 37.2 Å². The third kappa shape index (κ3) is 1.65. The molecule has 2 fully saturated rings. The van der Waals surface area contributed by atoms with Gasteiger partial charge in [-0.1, -0.05) is 36.8 Å². The lowest BCUT2D eigenvalue weighted by Gasteiger charge is -2.25. The number of piperidine rings is 1. The van der Waals surface area contributed by atoms with Crippen molar-refractivity contribution in [3.63, 3.8) is 0 Å². The number of nitrogens with two attached hydrogens (primary N) is 1. The summed E-state index contributed by atoms with van der Waals surface area (Å²) in [6.45, 7) is 4.35. The molecular formula is C15H20N2O. The molecule has 0 spiro atoms. The molecule has 18 heavy (non-hydrogen) atoms. The lowest BCUT2D eigenvalue weighted by Crippen LogP contribution is -2.45. The zero-order valence-electron chi connectivity index (χ0n) is 10.9.